The summed E-state index contributed by atoms with van der Waals surface area (Å²) in [6.45, 7) is 0. The zero-order valence-corrected chi connectivity index (χ0v) is 11.6. The average Bonchev–Trinajstić information content (AvgIpc) is 3.20. The van der Waals surface area contributed by atoms with Crippen LogP contribution >= 0.6 is 11.8 Å². The van der Waals surface area contributed by atoms with Gasteiger partial charge in [-0.25, -0.2) is 9.89 Å². The van der Waals surface area contributed by atoms with E-state index in [-0.39, 0.29) is 11.5 Å². The van der Waals surface area contributed by atoms with Crippen LogP contribution in [0.15, 0.2) is 34.2 Å². The molecule has 0 bridgehead atoms. The van der Waals surface area contributed by atoms with Gasteiger partial charge in [-0.2, -0.15) is 0 Å². The van der Waals surface area contributed by atoms with Crippen molar-refractivity contribution in [1.82, 2.24) is 14.8 Å². The fourth-order valence-corrected chi connectivity index (χ4v) is 3.12. The number of nitrogens with zero attached hydrogens (tertiary/aromatic N) is 2. The van der Waals surface area contributed by atoms with Gasteiger partial charge in [0.1, 0.15) is 5.84 Å². The highest BCUT2D eigenvalue weighted by molar-refractivity contribution is 7.98. The molecule has 1 saturated carbocycles. The number of thioether (sulfide) groups is 1. The van der Waals surface area contributed by atoms with Crippen LogP contribution in [0.5, 0.6) is 0 Å². The maximum Gasteiger partial charge on any atom is 0.344 e. The Labute approximate surface area is 119 Å². The smallest absolute Gasteiger partial charge is 0.344 e. The molecule has 2 aromatic rings. The molecule has 0 atom stereocenters. The van der Waals surface area contributed by atoms with E-state index in [1.54, 1.807) is 4.57 Å². The lowest BCUT2D eigenvalue weighted by molar-refractivity contribution is 0.642. The highest BCUT2D eigenvalue weighted by Crippen LogP contribution is 2.36. The standard InChI is InChI=1S/C13H15N5OS/c14-11(15)10-4-2-1-3-8(10)7-20-13-17-16-12(19)18(13)9-5-6-9/h1-4,9H,5-7H2,(H3,14,15)(H,16,19). The number of aromatic amines is 1. The number of benzene rings is 1. The fourth-order valence-electron chi connectivity index (χ4n) is 2.10. The van der Waals surface area contributed by atoms with E-state index in [1.807, 2.05) is 24.3 Å². The minimum Gasteiger partial charge on any atom is -0.384 e. The summed E-state index contributed by atoms with van der Waals surface area (Å²) >= 11 is 1.49. The minimum absolute atomic E-state index is 0.0582. The molecule has 1 fully saturated rings. The molecule has 0 unspecified atom stereocenters. The molecule has 1 aliphatic carbocycles. The maximum absolute atomic E-state index is 11.7. The van der Waals surface area contributed by atoms with Gasteiger partial charge in [0.2, 0.25) is 0 Å². The number of aromatic nitrogens is 3. The van der Waals surface area contributed by atoms with E-state index in [4.69, 9.17) is 11.1 Å². The van der Waals surface area contributed by atoms with Crippen molar-refractivity contribution < 1.29 is 0 Å². The van der Waals surface area contributed by atoms with Crippen LogP contribution in [-0.4, -0.2) is 20.6 Å². The van der Waals surface area contributed by atoms with Crippen molar-refractivity contribution in [3.05, 3.63) is 45.9 Å². The van der Waals surface area contributed by atoms with Crippen molar-refractivity contribution in [2.75, 3.05) is 0 Å². The number of H-pyrrole nitrogens is 1. The Morgan fingerprint density at radius 2 is 2.25 bits per heavy atom. The van der Waals surface area contributed by atoms with Gasteiger partial charge < -0.3 is 5.73 Å². The second kappa shape index (κ2) is 5.16. The Balaban J connectivity index is 1.80. The molecule has 1 aromatic carbocycles. The molecular weight excluding hydrogens is 274 g/mol. The van der Waals surface area contributed by atoms with E-state index in [2.05, 4.69) is 10.2 Å². The van der Waals surface area contributed by atoms with Gasteiger partial charge in [0.25, 0.3) is 0 Å². The lowest BCUT2D eigenvalue weighted by Crippen LogP contribution is -2.16. The first-order chi connectivity index (χ1) is 9.66. The van der Waals surface area contributed by atoms with Gasteiger partial charge >= 0.3 is 5.69 Å². The van der Waals surface area contributed by atoms with Gasteiger partial charge in [0, 0.05) is 17.4 Å². The van der Waals surface area contributed by atoms with E-state index in [0.29, 0.717) is 17.0 Å². The van der Waals surface area contributed by atoms with Crippen LogP contribution in [0.25, 0.3) is 0 Å². The van der Waals surface area contributed by atoms with Crippen LogP contribution < -0.4 is 11.4 Å². The highest BCUT2D eigenvalue weighted by atomic mass is 32.2. The molecule has 0 spiro atoms. The van der Waals surface area contributed by atoms with E-state index in [0.717, 1.165) is 24.0 Å². The monoisotopic (exact) mass is 289 g/mol. The molecule has 0 saturated heterocycles. The number of hydrogen-bond donors (Lipinski definition) is 3. The quantitative estimate of drug-likeness (QED) is 0.441. The molecule has 4 N–H and O–H groups in total. The van der Waals surface area contributed by atoms with E-state index in [1.165, 1.54) is 11.8 Å². The Morgan fingerprint density at radius 3 is 2.95 bits per heavy atom. The van der Waals surface area contributed by atoms with Crippen molar-refractivity contribution in [1.29, 1.82) is 5.41 Å². The molecule has 1 aromatic heterocycles. The highest BCUT2D eigenvalue weighted by Gasteiger charge is 2.28. The number of nitrogen functional groups attached to an aromatic ring is 1. The summed E-state index contributed by atoms with van der Waals surface area (Å²) in [6, 6.07) is 7.85. The molecular formula is C13H15N5OS. The van der Waals surface area contributed by atoms with Crippen molar-refractivity contribution >= 4 is 17.6 Å². The van der Waals surface area contributed by atoms with Gasteiger partial charge in [-0.1, -0.05) is 36.0 Å². The van der Waals surface area contributed by atoms with Gasteiger partial charge in [-0.3, -0.25) is 9.98 Å². The first-order valence-electron chi connectivity index (χ1n) is 6.39. The topological polar surface area (TPSA) is 101 Å². The second-order valence-electron chi connectivity index (χ2n) is 4.77. The third-order valence-electron chi connectivity index (χ3n) is 3.25. The lowest BCUT2D eigenvalue weighted by Gasteiger charge is -2.07. The van der Waals surface area contributed by atoms with Gasteiger partial charge in [-0.15, -0.1) is 5.10 Å². The molecule has 20 heavy (non-hydrogen) atoms. The van der Waals surface area contributed by atoms with Crippen molar-refractivity contribution in [3.63, 3.8) is 0 Å². The zero-order valence-electron chi connectivity index (χ0n) is 10.8. The Kier molecular flexibility index (Phi) is 3.35. The molecule has 0 aliphatic heterocycles. The number of rotatable bonds is 5. The maximum atomic E-state index is 11.7. The summed E-state index contributed by atoms with van der Waals surface area (Å²) in [7, 11) is 0. The number of nitrogens with one attached hydrogen (secondary N) is 2. The SMILES string of the molecule is N=C(N)c1ccccc1CSc1n[nH]c(=O)n1C1CC1. The lowest BCUT2D eigenvalue weighted by atomic mass is 10.1. The molecule has 7 heteroatoms. The molecule has 0 radical (unpaired) electrons. The predicted octanol–water partition coefficient (Wildman–Crippen LogP) is 1.48. The van der Waals surface area contributed by atoms with Gasteiger partial charge in [0.05, 0.1) is 0 Å². The van der Waals surface area contributed by atoms with Crippen LogP contribution in [0.1, 0.15) is 30.0 Å². The minimum atomic E-state index is -0.144. The Morgan fingerprint density at radius 1 is 1.50 bits per heavy atom. The molecule has 104 valence electrons. The summed E-state index contributed by atoms with van der Waals surface area (Å²) in [5.41, 5.74) is 7.14. The zero-order chi connectivity index (χ0) is 14.1. The van der Waals surface area contributed by atoms with Crippen molar-refractivity contribution in [3.8, 4) is 0 Å². The van der Waals surface area contributed by atoms with Gasteiger partial charge in [-0.05, 0) is 18.4 Å². The fraction of sp³-hybridized carbons (Fsp3) is 0.308. The van der Waals surface area contributed by atoms with E-state index in [9.17, 15) is 4.79 Å². The van der Waals surface area contributed by atoms with Gasteiger partial charge in [0.15, 0.2) is 5.16 Å². The summed E-state index contributed by atoms with van der Waals surface area (Å²) < 4.78 is 1.72. The average molecular weight is 289 g/mol. The Hall–Kier alpha value is -2.02. The molecule has 1 heterocycles. The van der Waals surface area contributed by atoms with Crippen LogP contribution in [0.2, 0.25) is 0 Å². The third-order valence-corrected chi connectivity index (χ3v) is 4.25. The summed E-state index contributed by atoms with van der Waals surface area (Å²) in [5, 5.41) is 14.9. The molecule has 1 aliphatic rings. The second-order valence-corrected chi connectivity index (χ2v) is 5.71. The first kappa shape index (κ1) is 13.0. The van der Waals surface area contributed by atoms with Crippen molar-refractivity contribution in [2.24, 2.45) is 5.73 Å². The summed E-state index contributed by atoms with van der Waals surface area (Å²) in [5.74, 6) is 0.690. The Bertz CT molecular complexity index is 701. The number of nitrogens with two attached hydrogens (primary N) is 1. The largest absolute Gasteiger partial charge is 0.384 e. The van der Waals surface area contributed by atoms with E-state index < -0.39 is 0 Å². The number of hydrogen-bond acceptors (Lipinski definition) is 4. The molecule has 0 amide bonds. The van der Waals surface area contributed by atoms with Crippen LogP contribution in [0, 0.1) is 5.41 Å². The van der Waals surface area contributed by atoms with Crippen LogP contribution in [0.3, 0.4) is 0 Å². The molecule has 3 rings (SSSR count). The third kappa shape index (κ3) is 2.49. The summed E-state index contributed by atoms with van der Waals surface area (Å²) in [6.07, 6.45) is 2.08. The summed E-state index contributed by atoms with van der Waals surface area (Å²) in [4.78, 5) is 11.7. The van der Waals surface area contributed by atoms with Crippen LogP contribution in [-0.2, 0) is 5.75 Å². The predicted molar refractivity (Wildman–Crippen MR) is 78.1 cm³/mol. The molecule has 6 nitrogen and oxygen atoms in total. The first-order valence-corrected chi connectivity index (χ1v) is 7.37. The number of amidine groups is 1. The normalized spacial score (nSPS) is 14.4. The van der Waals surface area contributed by atoms with E-state index >= 15 is 0 Å². The van der Waals surface area contributed by atoms with Crippen molar-refractivity contribution in [2.45, 2.75) is 29.8 Å². The van der Waals surface area contributed by atoms with Crippen LogP contribution in [0.4, 0.5) is 0 Å².